The molecule has 0 heterocycles. The van der Waals surface area contributed by atoms with Gasteiger partial charge in [-0.05, 0) is 31.7 Å². The van der Waals surface area contributed by atoms with Gasteiger partial charge in [0.2, 0.25) is 0 Å². The standard InChI is InChI=1S/C13H27N/c1-4-8-12-11(5-2)9-6-7-10-13(12)14-3/h11-14H,4-10H2,1-3H3. The van der Waals surface area contributed by atoms with Crippen LogP contribution in [0.3, 0.4) is 0 Å². The molecule has 0 aromatic heterocycles. The highest BCUT2D eigenvalue weighted by molar-refractivity contribution is 4.83. The number of nitrogens with one attached hydrogen (secondary N) is 1. The molecule has 14 heavy (non-hydrogen) atoms. The largest absolute Gasteiger partial charge is 0.317 e. The van der Waals surface area contributed by atoms with Gasteiger partial charge in [-0.15, -0.1) is 0 Å². The maximum Gasteiger partial charge on any atom is 0.00949 e. The summed E-state index contributed by atoms with van der Waals surface area (Å²) in [5, 5.41) is 3.54. The Morgan fingerprint density at radius 2 is 1.86 bits per heavy atom. The molecule has 0 saturated heterocycles. The van der Waals surface area contributed by atoms with E-state index in [0.29, 0.717) is 0 Å². The van der Waals surface area contributed by atoms with Gasteiger partial charge in [0.1, 0.15) is 0 Å². The molecular weight excluding hydrogens is 170 g/mol. The molecule has 1 aliphatic rings. The fraction of sp³-hybridized carbons (Fsp3) is 1.00. The Balaban J connectivity index is 2.61. The van der Waals surface area contributed by atoms with Crippen molar-refractivity contribution in [2.24, 2.45) is 11.8 Å². The van der Waals surface area contributed by atoms with Gasteiger partial charge < -0.3 is 5.32 Å². The third-order valence-electron chi connectivity index (χ3n) is 3.98. The topological polar surface area (TPSA) is 12.0 Å². The van der Waals surface area contributed by atoms with Gasteiger partial charge in [-0.1, -0.05) is 46.0 Å². The lowest BCUT2D eigenvalue weighted by atomic mass is 9.80. The third kappa shape index (κ3) is 2.98. The molecule has 1 nitrogen and oxygen atoms in total. The van der Waals surface area contributed by atoms with Crippen molar-refractivity contribution in [3.05, 3.63) is 0 Å². The molecule has 0 spiro atoms. The second-order valence-electron chi connectivity index (χ2n) is 4.80. The molecule has 84 valence electrons. The molecule has 1 rings (SSSR count). The van der Waals surface area contributed by atoms with E-state index in [1.54, 1.807) is 0 Å². The minimum absolute atomic E-state index is 0.794. The van der Waals surface area contributed by atoms with Crippen LogP contribution >= 0.6 is 0 Å². The lowest BCUT2D eigenvalue weighted by Crippen LogP contribution is -2.36. The summed E-state index contributed by atoms with van der Waals surface area (Å²) < 4.78 is 0. The van der Waals surface area contributed by atoms with Crippen LogP contribution in [-0.2, 0) is 0 Å². The van der Waals surface area contributed by atoms with Crippen molar-refractivity contribution in [1.29, 1.82) is 0 Å². The van der Waals surface area contributed by atoms with E-state index < -0.39 is 0 Å². The fourth-order valence-electron chi connectivity index (χ4n) is 3.16. The average molecular weight is 197 g/mol. The Kier molecular flexibility index (Phi) is 5.54. The van der Waals surface area contributed by atoms with Crippen molar-refractivity contribution >= 4 is 0 Å². The first-order valence-corrected chi connectivity index (χ1v) is 6.50. The van der Waals surface area contributed by atoms with E-state index in [-0.39, 0.29) is 0 Å². The molecule has 3 atom stereocenters. The lowest BCUT2D eigenvalue weighted by Gasteiger charge is -2.30. The van der Waals surface area contributed by atoms with Gasteiger partial charge in [0, 0.05) is 6.04 Å². The zero-order valence-electron chi connectivity index (χ0n) is 10.2. The first-order valence-electron chi connectivity index (χ1n) is 6.50. The highest BCUT2D eigenvalue weighted by Gasteiger charge is 2.28. The van der Waals surface area contributed by atoms with Crippen LogP contribution < -0.4 is 5.32 Å². The second-order valence-corrected chi connectivity index (χ2v) is 4.80. The van der Waals surface area contributed by atoms with Gasteiger partial charge in [-0.25, -0.2) is 0 Å². The van der Waals surface area contributed by atoms with E-state index in [4.69, 9.17) is 0 Å². The SMILES string of the molecule is CCCC1C(CC)CCCCC1NC. The first-order chi connectivity index (χ1) is 6.83. The second kappa shape index (κ2) is 6.44. The Hall–Kier alpha value is -0.0400. The predicted molar refractivity (Wildman–Crippen MR) is 63.5 cm³/mol. The van der Waals surface area contributed by atoms with Crippen molar-refractivity contribution < 1.29 is 0 Å². The Morgan fingerprint density at radius 1 is 1.14 bits per heavy atom. The Labute approximate surface area is 89.7 Å². The summed E-state index contributed by atoms with van der Waals surface area (Å²) in [5.41, 5.74) is 0. The van der Waals surface area contributed by atoms with Gasteiger partial charge in [-0.3, -0.25) is 0 Å². The Morgan fingerprint density at radius 3 is 2.43 bits per heavy atom. The van der Waals surface area contributed by atoms with E-state index in [2.05, 4.69) is 26.2 Å². The zero-order chi connectivity index (χ0) is 10.4. The van der Waals surface area contributed by atoms with E-state index >= 15 is 0 Å². The Bertz CT molecular complexity index is 130. The van der Waals surface area contributed by atoms with Crippen molar-refractivity contribution in [2.75, 3.05) is 7.05 Å². The normalized spacial score (nSPS) is 34.1. The molecule has 1 aliphatic carbocycles. The predicted octanol–water partition coefficient (Wildman–Crippen LogP) is 3.59. The van der Waals surface area contributed by atoms with Crippen LogP contribution in [0.5, 0.6) is 0 Å². The summed E-state index contributed by atoms with van der Waals surface area (Å²) in [6.45, 7) is 4.69. The smallest absolute Gasteiger partial charge is 0.00949 e. The first kappa shape index (κ1) is 12.0. The van der Waals surface area contributed by atoms with Crippen LogP contribution in [0.15, 0.2) is 0 Å². The van der Waals surface area contributed by atoms with Crippen molar-refractivity contribution in [3.63, 3.8) is 0 Å². The van der Waals surface area contributed by atoms with Gasteiger partial charge in [0.25, 0.3) is 0 Å². The van der Waals surface area contributed by atoms with E-state index in [1.807, 2.05) is 0 Å². The summed E-state index contributed by atoms with van der Waals surface area (Å²) in [7, 11) is 2.14. The summed E-state index contributed by atoms with van der Waals surface area (Å²) in [6, 6.07) is 0.794. The van der Waals surface area contributed by atoms with Crippen LogP contribution in [0.4, 0.5) is 0 Å². The monoisotopic (exact) mass is 197 g/mol. The molecule has 1 saturated carbocycles. The number of rotatable bonds is 4. The minimum Gasteiger partial charge on any atom is -0.317 e. The molecule has 0 aromatic rings. The molecule has 0 aliphatic heterocycles. The number of hydrogen-bond donors (Lipinski definition) is 1. The quantitative estimate of drug-likeness (QED) is 0.679. The van der Waals surface area contributed by atoms with Crippen molar-refractivity contribution in [2.45, 2.75) is 64.8 Å². The summed E-state index contributed by atoms with van der Waals surface area (Å²) >= 11 is 0. The van der Waals surface area contributed by atoms with Gasteiger partial charge >= 0.3 is 0 Å². The maximum absolute atomic E-state index is 3.54. The molecule has 0 radical (unpaired) electrons. The van der Waals surface area contributed by atoms with E-state index in [1.165, 1.54) is 44.9 Å². The van der Waals surface area contributed by atoms with E-state index in [0.717, 1.165) is 17.9 Å². The van der Waals surface area contributed by atoms with Crippen LogP contribution in [0, 0.1) is 11.8 Å². The number of hydrogen-bond acceptors (Lipinski definition) is 1. The molecule has 3 unspecified atom stereocenters. The highest BCUT2D eigenvalue weighted by Crippen LogP contribution is 2.34. The molecule has 1 heteroatoms. The molecule has 0 aromatic carbocycles. The molecule has 1 fully saturated rings. The van der Waals surface area contributed by atoms with Crippen LogP contribution in [0.2, 0.25) is 0 Å². The summed E-state index contributed by atoms with van der Waals surface area (Å²) in [5.74, 6) is 1.92. The van der Waals surface area contributed by atoms with Crippen molar-refractivity contribution in [1.82, 2.24) is 5.32 Å². The highest BCUT2D eigenvalue weighted by atomic mass is 14.9. The van der Waals surface area contributed by atoms with Crippen LogP contribution in [0.1, 0.15) is 58.8 Å². The minimum atomic E-state index is 0.794. The van der Waals surface area contributed by atoms with Gasteiger partial charge in [-0.2, -0.15) is 0 Å². The maximum atomic E-state index is 3.54. The molecule has 0 amide bonds. The average Bonchev–Trinajstić information content (AvgIpc) is 2.40. The molecule has 1 N–H and O–H groups in total. The fourth-order valence-corrected chi connectivity index (χ4v) is 3.16. The summed E-state index contributed by atoms with van der Waals surface area (Å²) in [4.78, 5) is 0. The molecular formula is C13H27N. The van der Waals surface area contributed by atoms with Crippen LogP contribution in [-0.4, -0.2) is 13.1 Å². The molecule has 0 bridgehead atoms. The zero-order valence-corrected chi connectivity index (χ0v) is 10.2. The van der Waals surface area contributed by atoms with Crippen molar-refractivity contribution in [3.8, 4) is 0 Å². The van der Waals surface area contributed by atoms with Crippen LogP contribution in [0.25, 0.3) is 0 Å². The van der Waals surface area contributed by atoms with Gasteiger partial charge in [0.15, 0.2) is 0 Å². The van der Waals surface area contributed by atoms with Gasteiger partial charge in [0.05, 0.1) is 0 Å². The lowest BCUT2D eigenvalue weighted by molar-refractivity contribution is 0.234. The summed E-state index contributed by atoms with van der Waals surface area (Å²) in [6.07, 6.45) is 9.91. The van der Waals surface area contributed by atoms with E-state index in [9.17, 15) is 0 Å². The third-order valence-corrected chi connectivity index (χ3v) is 3.98.